The van der Waals surface area contributed by atoms with Gasteiger partial charge in [0.05, 0.1) is 6.61 Å². The summed E-state index contributed by atoms with van der Waals surface area (Å²) in [6.07, 6.45) is -5.70. The number of ether oxygens (including phenoxy) is 1. The van der Waals surface area contributed by atoms with Crippen molar-refractivity contribution in [3.63, 3.8) is 0 Å². The van der Waals surface area contributed by atoms with Crippen LogP contribution in [0.25, 0.3) is 0 Å². The number of carbonyl (C=O) groups excluding carboxylic acids is 1. The van der Waals surface area contributed by atoms with E-state index in [1.807, 2.05) is 0 Å². The van der Waals surface area contributed by atoms with Crippen molar-refractivity contribution in [1.29, 1.82) is 0 Å². The van der Waals surface area contributed by atoms with Crippen molar-refractivity contribution in [3.05, 3.63) is 0 Å². The molecule has 1 aliphatic heterocycles. The molecule has 0 aliphatic carbocycles. The summed E-state index contributed by atoms with van der Waals surface area (Å²) in [6, 6.07) is 0. The monoisotopic (exact) mass is 178 g/mol. The number of hydrogen-bond donors (Lipinski definition) is 4. The first kappa shape index (κ1) is 9.40. The van der Waals surface area contributed by atoms with Gasteiger partial charge in [0.1, 0.15) is 12.2 Å². The summed E-state index contributed by atoms with van der Waals surface area (Å²) < 4.78 is 4.39. The Morgan fingerprint density at radius 3 is 2.42 bits per heavy atom. The van der Waals surface area contributed by atoms with Gasteiger partial charge in [0.25, 0.3) is 0 Å². The fourth-order valence-electron chi connectivity index (χ4n) is 1.00. The molecule has 0 bridgehead atoms. The molecule has 0 aromatic heterocycles. The predicted octanol–water partition coefficient (Wildman–Crippen LogP) is -3.01. The van der Waals surface area contributed by atoms with Gasteiger partial charge in [0.15, 0.2) is 12.2 Å². The minimum Gasteiger partial charge on any atom is -0.455 e. The van der Waals surface area contributed by atoms with Crippen molar-refractivity contribution in [2.75, 3.05) is 6.61 Å². The van der Waals surface area contributed by atoms with Crippen molar-refractivity contribution in [2.45, 2.75) is 24.4 Å². The molecule has 1 fully saturated rings. The van der Waals surface area contributed by atoms with Crippen LogP contribution in [0.5, 0.6) is 0 Å². The van der Waals surface area contributed by atoms with E-state index < -0.39 is 37.0 Å². The van der Waals surface area contributed by atoms with Crippen LogP contribution in [-0.4, -0.2) is 57.4 Å². The van der Waals surface area contributed by atoms with Crippen molar-refractivity contribution < 1.29 is 30.0 Å². The van der Waals surface area contributed by atoms with Crippen molar-refractivity contribution in [3.8, 4) is 0 Å². The molecular formula is C6H10O6. The Hall–Kier alpha value is -0.690. The number of aliphatic hydroxyl groups excluding tert-OH is 4. The number of cyclic esters (lactones) is 1. The fraction of sp³-hybridized carbons (Fsp3) is 0.833. The van der Waals surface area contributed by atoms with E-state index >= 15 is 0 Å². The average molecular weight is 178 g/mol. The third kappa shape index (κ3) is 1.42. The van der Waals surface area contributed by atoms with Crippen LogP contribution in [0.15, 0.2) is 0 Å². The van der Waals surface area contributed by atoms with Crippen LogP contribution < -0.4 is 0 Å². The Kier molecular flexibility index (Phi) is 2.63. The minimum absolute atomic E-state index is 0.637. The van der Waals surface area contributed by atoms with Crippen molar-refractivity contribution in [1.82, 2.24) is 0 Å². The topological polar surface area (TPSA) is 107 Å². The minimum atomic E-state index is -1.63. The largest absolute Gasteiger partial charge is 0.455 e. The summed E-state index contributed by atoms with van der Waals surface area (Å²) in [5.74, 6) is -0.986. The summed E-state index contributed by atoms with van der Waals surface area (Å²) in [4.78, 5) is 10.6. The maximum absolute atomic E-state index is 10.6. The fourth-order valence-corrected chi connectivity index (χ4v) is 1.00. The second-order valence-electron chi connectivity index (χ2n) is 2.59. The SMILES string of the molecule is O=C1OC([C@H](O)CO)[C@@H](O)[C@H]1O. The maximum atomic E-state index is 10.6. The van der Waals surface area contributed by atoms with Gasteiger partial charge in [-0.05, 0) is 0 Å². The lowest BCUT2D eigenvalue weighted by atomic mass is 10.1. The first-order valence-corrected chi connectivity index (χ1v) is 3.43. The van der Waals surface area contributed by atoms with E-state index in [1.165, 1.54) is 0 Å². The zero-order valence-electron chi connectivity index (χ0n) is 6.12. The van der Waals surface area contributed by atoms with Crippen LogP contribution in [0.2, 0.25) is 0 Å². The predicted molar refractivity (Wildman–Crippen MR) is 35.0 cm³/mol. The molecule has 0 amide bonds. The third-order valence-electron chi connectivity index (χ3n) is 1.72. The summed E-state index contributed by atoms with van der Waals surface area (Å²) in [5.41, 5.74) is 0. The molecule has 0 saturated carbocycles. The van der Waals surface area contributed by atoms with E-state index in [-0.39, 0.29) is 0 Å². The molecule has 1 saturated heterocycles. The summed E-state index contributed by atoms with van der Waals surface area (Å²) in [6.45, 7) is -0.637. The number of aliphatic hydroxyl groups is 4. The highest BCUT2D eigenvalue weighted by Crippen LogP contribution is 2.18. The van der Waals surface area contributed by atoms with Gasteiger partial charge >= 0.3 is 5.97 Å². The highest BCUT2D eigenvalue weighted by atomic mass is 16.6. The molecule has 1 unspecified atom stereocenters. The molecule has 1 rings (SSSR count). The lowest BCUT2D eigenvalue weighted by Gasteiger charge is -2.17. The van der Waals surface area contributed by atoms with E-state index in [9.17, 15) is 4.79 Å². The first-order chi connectivity index (χ1) is 5.57. The lowest BCUT2D eigenvalue weighted by Crippen LogP contribution is -2.40. The van der Waals surface area contributed by atoms with Crippen LogP contribution in [0.4, 0.5) is 0 Å². The van der Waals surface area contributed by atoms with E-state index in [4.69, 9.17) is 20.4 Å². The van der Waals surface area contributed by atoms with E-state index in [0.717, 1.165) is 0 Å². The molecular weight excluding hydrogens is 168 g/mol. The molecule has 0 radical (unpaired) electrons. The van der Waals surface area contributed by atoms with Crippen molar-refractivity contribution >= 4 is 5.97 Å². The Labute approximate surface area is 68.0 Å². The number of carbonyl (C=O) groups is 1. The quantitative estimate of drug-likeness (QED) is 0.335. The molecule has 0 aromatic rings. The maximum Gasteiger partial charge on any atom is 0.338 e. The Morgan fingerprint density at radius 1 is 1.50 bits per heavy atom. The second-order valence-corrected chi connectivity index (χ2v) is 2.59. The van der Waals surface area contributed by atoms with Gasteiger partial charge in [-0.2, -0.15) is 0 Å². The zero-order chi connectivity index (χ0) is 9.30. The molecule has 6 nitrogen and oxygen atoms in total. The number of esters is 1. The number of hydrogen-bond acceptors (Lipinski definition) is 6. The molecule has 4 N–H and O–H groups in total. The van der Waals surface area contributed by atoms with Crippen LogP contribution in [0.3, 0.4) is 0 Å². The van der Waals surface area contributed by atoms with Crippen LogP contribution in [0.1, 0.15) is 0 Å². The molecule has 12 heavy (non-hydrogen) atoms. The Bertz CT molecular complexity index is 181. The van der Waals surface area contributed by atoms with Crippen LogP contribution >= 0.6 is 0 Å². The molecule has 0 spiro atoms. The van der Waals surface area contributed by atoms with Gasteiger partial charge in [-0.25, -0.2) is 4.79 Å². The number of rotatable bonds is 2. The van der Waals surface area contributed by atoms with Gasteiger partial charge in [-0.3, -0.25) is 0 Å². The van der Waals surface area contributed by atoms with Crippen LogP contribution in [0, 0.1) is 0 Å². The van der Waals surface area contributed by atoms with Gasteiger partial charge in [-0.1, -0.05) is 0 Å². The van der Waals surface area contributed by atoms with E-state index in [0.29, 0.717) is 0 Å². The second kappa shape index (κ2) is 3.36. The molecule has 70 valence electrons. The average Bonchev–Trinajstić information content (AvgIpc) is 2.32. The van der Waals surface area contributed by atoms with Gasteiger partial charge < -0.3 is 25.2 Å². The standard InChI is InChI=1S/C6H10O6/c7-1-2(8)5-3(9)4(10)6(11)12-5/h2-5,7-10H,1H2/t2-,3+,4-,5?/m1/s1. The van der Waals surface area contributed by atoms with Gasteiger partial charge in [0, 0.05) is 0 Å². The normalized spacial score (nSPS) is 38.0. The van der Waals surface area contributed by atoms with E-state index in [1.54, 1.807) is 0 Å². The van der Waals surface area contributed by atoms with Gasteiger partial charge in [-0.15, -0.1) is 0 Å². The molecule has 1 heterocycles. The molecule has 1 aliphatic rings. The Morgan fingerprint density at radius 2 is 2.08 bits per heavy atom. The lowest BCUT2D eigenvalue weighted by molar-refractivity contribution is -0.151. The first-order valence-electron chi connectivity index (χ1n) is 3.43. The molecule has 6 heteroatoms. The Balaban J connectivity index is 2.64. The van der Waals surface area contributed by atoms with Crippen molar-refractivity contribution in [2.24, 2.45) is 0 Å². The third-order valence-corrected chi connectivity index (χ3v) is 1.72. The summed E-state index contributed by atoms with van der Waals surface area (Å²) in [5, 5.41) is 35.3. The zero-order valence-corrected chi connectivity index (χ0v) is 6.12. The highest BCUT2D eigenvalue weighted by molar-refractivity contribution is 5.77. The van der Waals surface area contributed by atoms with Gasteiger partial charge in [0.2, 0.25) is 0 Å². The van der Waals surface area contributed by atoms with E-state index in [2.05, 4.69) is 4.74 Å². The summed E-state index contributed by atoms with van der Waals surface area (Å²) >= 11 is 0. The molecule has 0 aromatic carbocycles. The molecule has 4 atom stereocenters. The smallest absolute Gasteiger partial charge is 0.338 e. The van der Waals surface area contributed by atoms with Crippen LogP contribution in [-0.2, 0) is 9.53 Å². The highest BCUT2D eigenvalue weighted by Gasteiger charge is 2.45. The summed E-state index contributed by atoms with van der Waals surface area (Å²) in [7, 11) is 0.